The standard InChI is InChI=1S/C10H15N5O2/c1-2-3-6-4-7(6)14-10-8(15(16)17)9(11)12-5-13-10/h5-7H,2-4H2,1H3,(H3,11,12,13,14). The molecule has 0 spiro atoms. The molecule has 1 aromatic rings. The van der Waals surface area contributed by atoms with E-state index in [9.17, 15) is 10.1 Å². The Labute approximate surface area is 98.6 Å². The molecule has 1 saturated carbocycles. The molecule has 92 valence electrons. The van der Waals surface area contributed by atoms with Crippen LogP contribution in [0.4, 0.5) is 17.3 Å². The molecular weight excluding hydrogens is 222 g/mol. The van der Waals surface area contributed by atoms with Crippen molar-refractivity contribution in [1.29, 1.82) is 0 Å². The number of nitrogen functional groups attached to an aromatic ring is 1. The zero-order valence-electron chi connectivity index (χ0n) is 9.59. The molecule has 0 bridgehead atoms. The van der Waals surface area contributed by atoms with Crippen LogP contribution in [0.3, 0.4) is 0 Å². The zero-order valence-corrected chi connectivity index (χ0v) is 9.59. The van der Waals surface area contributed by atoms with Crippen molar-refractivity contribution >= 4 is 17.3 Å². The summed E-state index contributed by atoms with van der Waals surface area (Å²) >= 11 is 0. The number of rotatable bonds is 5. The van der Waals surface area contributed by atoms with Crippen molar-refractivity contribution in [1.82, 2.24) is 9.97 Å². The van der Waals surface area contributed by atoms with Crippen molar-refractivity contribution in [2.45, 2.75) is 32.2 Å². The molecule has 0 radical (unpaired) electrons. The molecule has 2 rings (SSSR count). The first kappa shape index (κ1) is 11.6. The summed E-state index contributed by atoms with van der Waals surface area (Å²) in [6.07, 6.45) is 4.53. The Morgan fingerprint density at radius 3 is 3.06 bits per heavy atom. The van der Waals surface area contributed by atoms with Crippen LogP contribution in [0.1, 0.15) is 26.2 Å². The van der Waals surface area contributed by atoms with E-state index in [4.69, 9.17) is 5.73 Å². The molecule has 0 amide bonds. The monoisotopic (exact) mass is 237 g/mol. The molecule has 17 heavy (non-hydrogen) atoms. The Hall–Kier alpha value is -1.92. The van der Waals surface area contributed by atoms with Gasteiger partial charge in [-0.15, -0.1) is 0 Å². The SMILES string of the molecule is CCCC1CC1Nc1ncnc(N)c1[N+](=O)[O-]. The van der Waals surface area contributed by atoms with Gasteiger partial charge in [0.15, 0.2) is 0 Å². The average Bonchev–Trinajstić information content (AvgIpc) is 2.96. The Kier molecular flexibility index (Phi) is 3.08. The van der Waals surface area contributed by atoms with Crippen LogP contribution in [-0.4, -0.2) is 20.9 Å². The zero-order chi connectivity index (χ0) is 12.4. The highest BCUT2D eigenvalue weighted by atomic mass is 16.6. The van der Waals surface area contributed by atoms with Crippen molar-refractivity contribution in [3.8, 4) is 0 Å². The van der Waals surface area contributed by atoms with Crippen molar-refractivity contribution < 1.29 is 4.92 Å². The maximum Gasteiger partial charge on any atom is 0.352 e. The highest BCUT2D eigenvalue weighted by molar-refractivity contribution is 5.67. The normalized spacial score (nSPS) is 22.2. The van der Waals surface area contributed by atoms with Gasteiger partial charge in [0.2, 0.25) is 11.6 Å². The summed E-state index contributed by atoms with van der Waals surface area (Å²) in [5.74, 6) is 0.724. The van der Waals surface area contributed by atoms with Gasteiger partial charge in [0, 0.05) is 6.04 Å². The summed E-state index contributed by atoms with van der Waals surface area (Å²) in [6.45, 7) is 2.13. The van der Waals surface area contributed by atoms with Gasteiger partial charge in [0.1, 0.15) is 6.33 Å². The molecule has 7 nitrogen and oxygen atoms in total. The van der Waals surface area contributed by atoms with Crippen LogP contribution in [0.5, 0.6) is 0 Å². The van der Waals surface area contributed by atoms with Crippen LogP contribution >= 0.6 is 0 Å². The second kappa shape index (κ2) is 4.52. The predicted octanol–water partition coefficient (Wildman–Crippen LogP) is 1.57. The first-order valence-electron chi connectivity index (χ1n) is 5.64. The highest BCUT2D eigenvalue weighted by Crippen LogP contribution is 2.39. The van der Waals surface area contributed by atoms with Crippen LogP contribution in [0.15, 0.2) is 6.33 Å². The third-order valence-electron chi connectivity index (χ3n) is 2.94. The van der Waals surface area contributed by atoms with Crippen molar-refractivity contribution in [3.05, 3.63) is 16.4 Å². The molecule has 1 fully saturated rings. The molecular formula is C10H15N5O2. The fourth-order valence-electron chi connectivity index (χ4n) is 1.97. The highest BCUT2D eigenvalue weighted by Gasteiger charge is 2.38. The first-order chi connectivity index (χ1) is 8.13. The largest absolute Gasteiger partial charge is 0.378 e. The summed E-state index contributed by atoms with van der Waals surface area (Å²) < 4.78 is 0. The van der Waals surface area contributed by atoms with E-state index in [1.807, 2.05) is 0 Å². The lowest BCUT2D eigenvalue weighted by molar-refractivity contribution is -0.383. The number of nitrogens with zero attached hydrogens (tertiary/aromatic N) is 3. The van der Waals surface area contributed by atoms with Crippen LogP contribution in [-0.2, 0) is 0 Å². The molecule has 1 aromatic heterocycles. The molecule has 1 heterocycles. The van der Waals surface area contributed by atoms with E-state index in [1.54, 1.807) is 0 Å². The maximum absolute atomic E-state index is 10.9. The van der Waals surface area contributed by atoms with Gasteiger partial charge in [-0.3, -0.25) is 10.1 Å². The number of hydrogen-bond acceptors (Lipinski definition) is 6. The minimum atomic E-state index is -0.547. The molecule has 2 atom stereocenters. The lowest BCUT2D eigenvalue weighted by Gasteiger charge is -2.05. The summed E-state index contributed by atoms with van der Waals surface area (Å²) in [6, 6.07) is 0.281. The first-order valence-corrected chi connectivity index (χ1v) is 5.64. The second-order valence-electron chi connectivity index (χ2n) is 4.25. The topological polar surface area (TPSA) is 107 Å². The van der Waals surface area contributed by atoms with Crippen LogP contribution in [0, 0.1) is 16.0 Å². The molecule has 3 N–H and O–H groups in total. The van der Waals surface area contributed by atoms with Gasteiger partial charge < -0.3 is 11.1 Å². The van der Waals surface area contributed by atoms with Crippen molar-refractivity contribution in [3.63, 3.8) is 0 Å². The van der Waals surface area contributed by atoms with E-state index in [2.05, 4.69) is 22.2 Å². The van der Waals surface area contributed by atoms with E-state index in [1.165, 1.54) is 6.33 Å². The van der Waals surface area contributed by atoms with E-state index in [0.29, 0.717) is 5.92 Å². The van der Waals surface area contributed by atoms with Crippen molar-refractivity contribution in [2.75, 3.05) is 11.1 Å². The number of anilines is 2. The lowest BCUT2D eigenvalue weighted by atomic mass is 10.2. The number of aromatic nitrogens is 2. The number of nitro groups is 1. The molecule has 0 saturated heterocycles. The average molecular weight is 237 g/mol. The van der Waals surface area contributed by atoms with E-state index in [0.717, 1.165) is 19.3 Å². The molecule has 7 heteroatoms. The van der Waals surface area contributed by atoms with Gasteiger partial charge in [-0.2, -0.15) is 0 Å². The quantitative estimate of drug-likeness (QED) is 0.594. The summed E-state index contributed by atoms with van der Waals surface area (Å²) in [4.78, 5) is 17.8. The summed E-state index contributed by atoms with van der Waals surface area (Å²) in [7, 11) is 0. The number of hydrogen-bond donors (Lipinski definition) is 2. The third-order valence-corrected chi connectivity index (χ3v) is 2.94. The van der Waals surface area contributed by atoms with E-state index >= 15 is 0 Å². The molecule has 0 aromatic carbocycles. The maximum atomic E-state index is 10.9. The summed E-state index contributed by atoms with van der Waals surface area (Å²) in [5, 5.41) is 13.9. The van der Waals surface area contributed by atoms with Crippen LogP contribution in [0.2, 0.25) is 0 Å². The van der Waals surface area contributed by atoms with Crippen LogP contribution < -0.4 is 11.1 Å². The Balaban J connectivity index is 2.11. The van der Waals surface area contributed by atoms with Crippen LogP contribution in [0.25, 0.3) is 0 Å². The van der Waals surface area contributed by atoms with Gasteiger partial charge in [-0.05, 0) is 18.8 Å². The van der Waals surface area contributed by atoms with E-state index in [-0.39, 0.29) is 23.4 Å². The van der Waals surface area contributed by atoms with Gasteiger partial charge in [-0.25, -0.2) is 9.97 Å². The second-order valence-corrected chi connectivity index (χ2v) is 4.25. The van der Waals surface area contributed by atoms with Gasteiger partial charge in [0.05, 0.1) is 4.92 Å². The number of nitrogens with one attached hydrogen (secondary N) is 1. The van der Waals surface area contributed by atoms with Gasteiger partial charge >= 0.3 is 5.69 Å². The Morgan fingerprint density at radius 1 is 1.65 bits per heavy atom. The Morgan fingerprint density at radius 2 is 2.41 bits per heavy atom. The molecule has 2 unspecified atom stereocenters. The molecule has 0 aliphatic heterocycles. The smallest absolute Gasteiger partial charge is 0.352 e. The Bertz CT molecular complexity index is 437. The van der Waals surface area contributed by atoms with Crippen molar-refractivity contribution in [2.24, 2.45) is 5.92 Å². The van der Waals surface area contributed by atoms with E-state index < -0.39 is 4.92 Å². The summed E-state index contributed by atoms with van der Waals surface area (Å²) in [5.41, 5.74) is 5.25. The fourth-order valence-corrected chi connectivity index (χ4v) is 1.97. The lowest BCUT2D eigenvalue weighted by Crippen LogP contribution is -2.11. The fraction of sp³-hybridized carbons (Fsp3) is 0.600. The van der Waals surface area contributed by atoms with Gasteiger partial charge in [-0.1, -0.05) is 13.3 Å². The minimum absolute atomic E-state index is 0.0970. The molecule has 1 aliphatic rings. The third kappa shape index (κ3) is 2.43. The molecule has 1 aliphatic carbocycles. The number of nitrogens with two attached hydrogens (primary N) is 1. The van der Waals surface area contributed by atoms with Gasteiger partial charge in [0.25, 0.3) is 0 Å². The predicted molar refractivity (Wildman–Crippen MR) is 63.5 cm³/mol. The minimum Gasteiger partial charge on any atom is -0.378 e.